The van der Waals surface area contributed by atoms with Gasteiger partial charge in [-0.15, -0.1) is 0 Å². The van der Waals surface area contributed by atoms with E-state index in [9.17, 15) is 19.1 Å². The lowest BCUT2D eigenvalue weighted by atomic mass is 10.1. The third-order valence-corrected chi connectivity index (χ3v) is 3.13. The smallest absolute Gasteiger partial charge is 0.331 e. The van der Waals surface area contributed by atoms with Crippen LogP contribution in [0.3, 0.4) is 0 Å². The van der Waals surface area contributed by atoms with E-state index in [0.29, 0.717) is 5.56 Å². The van der Waals surface area contributed by atoms with Crippen molar-refractivity contribution in [1.29, 1.82) is 0 Å². The molecule has 0 aliphatic heterocycles. The highest BCUT2D eigenvalue weighted by Gasteiger charge is 2.08. The lowest BCUT2D eigenvalue weighted by Crippen LogP contribution is -2.12. The van der Waals surface area contributed by atoms with Crippen LogP contribution in [-0.4, -0.2) is 30.6 Å². The maximum absolute atomic E-state index is 12.8. The van der Waals surface area contributed by atoms with Crippen molar-refractivity contribution < 1.29 is 28.6 Å². The number of rotatable bonds is 6. The SMILES string of the molecule is COc1cc(C=CC(=O)OCC(=O)c2ccc(F)cc2)ccc1O. The summed E-state index contributed by atoms with van der Waals surface area (Å²) >= 11 is 0. The van der Waals surface area contributed by atoms with E-state index in [1.807, 2.05) is 0 Å². The Morgan fingerprint density at radius 2 is 1.88 bits per heavy atom. The Bertz CT molecular complexity index is 765. The van der Waals surface area contributed by atoms with E-state index < -0.39 is 24.2 Å². The van der Waals surface area contributed by atoms with Gasteiger partial charge in [0.05, 0.1) is 7.11 Å². The van der Waals surface area contributed by atoms with Crippen LogP contribution in [0, 0.1) is 5.82 Å². The van der Waals surface area contributed by atoms with Gasteiger partial charge in [-0.05, 0) is 48.0 Å². The van der Waals surface area contributed by atoms with Gasteiger partial charge in [0, 0.05) is 11.6 Å². The highest BCUT2D eigenvalue weighted by molar-refractivity contribution is 5.98. The van der Waals surface area contributed by atoms with E-state index in [0.717, 1.165) is 18.2 Å². The van der Waals surface area contributed by atoms with E-state index >= 15 is 0 Å². The third-order valence-electron chi connectivity index (χ3n) is 3.13. The zero-order valence-electron chi connectivity index (χ0n) is 12.9. The lowest BCUT2D eigenvalue weighted by Gasteiger charge is -2.04. The first kappa shape index (κ1) is 17.2. The summed E-state index contributed by atoms with van der Waals surface area (Å²) in [5.74, 6) is -1.31. The van der Waals surface area contributed by atoms with Gasteiger partial charge in [-0.1, -0.05) is 6.07 Å². The third kappa shape index (κ3) is 4.67. The maximum Gasteiger partial charge on any atom is 0.331 e. The van der Waals surface area contributed by atoms with Gasteiger partial charge in [0.25, 0.3) is 0 Å². The molecule has 0 heterocycles. The molecule has 0 aliphatic rings. The quantitative estimate of drug-likeness (QED) is 0.501. The number of phenols is 1. The first-order valence-corrected chi connectivity index (χ1v) is 7.00. The minimum Gasteiger partial charge on any atom is -0.504 e. The highest BCUT2D eigenvalue weighted by Crippen LogP contribution is 2.26. The number of ketones is 1. The molecule has 0 saturated carbocycles. The Morgan fingerprint density at radius 3 is 2.54 bits per heavy atom. The van der Waals surface area contributed by atoms with Crippen molar-refractivity contribution in [2.24, 2.45) is 0 Å². The normalized spacial score (nSPS) is 10.6. The summed E-state index contributed by atoms with van der Waals surface area (Å²) in [7, 11) is 1.41. The predicted molar refractivity (Wildman–Crippen MR) is 85.4 cm³/mol. The van der Waals surface area contributed by atoms with Crippen molar-refractivity contribution in [3.8, 4) is 11.5 Å². The van der Waals surface area contributed by atoms with E-state index in [4.69, 9.17) is 9.47 Å². The molecule has 0 fully saturated rings. The molecule has 2 rings (SSSR count). The molecule has 0 saturated heterocycles. The van der Waals surface area contributed by atoms with Crippen LogP contribution in [0.5, 0.6) is 11.5 Å². The fourth-order valence-electron chi connectivity index (χ4n) is 1.87. The summed E-state index contributed by atoms with van der Waals surface area (Å²) in [5, 5.41) is 9.48. The van der Waals surface area contributed by atoms with Gasteiger partial charge in [0.15, 0.2) is 23.9 Å². The number of phenolic OH excluding ortho intramolecular Hbond substituents is 1. The van der Waals surface area contributed by atoms with Crippen molar-refractivity contribution in [2.45, 2.75) is 0 Å². The number of hydrogen-bond acceptors (Lipinski definition) is 5. The summed E-state index contributed by atoms with van der Waals surface area (Å²) in [6, 6.07) is 9.53. The van der Waals surface area contributed by atoms with Gasteiger partial charge in [0.2, 0.25) is 0 Å². The molecular weight excluding hydrogens is 315 g/mol. The summed E-state index contributed by atoms with van der Waals surface area (Å²) in [6.45, 7) is -0.437. The van der Waals surface area contributed by atoms with Crippen LogP contribution in [0.4, 0.5) is 4.39 Å². The average Bonchev–Trinajstić information content (AvgIpc) is 2.59. The van der Waals surface area contributed by atoms with Crippen molar-refractivity contribution >= 4 is 17.8 Å². The van der Waals surface area contributed by atoms with Crippen LogP contribution in [0.2, 0.25) is 0 Å². The van der Waals surface area contributed by atoms with E-state index in [1.165, 1.54) is 31.4 Å². The minimum absolute atomic E-state index is 0.0119. The summed E-state index contributed by atoms with van der Waals surface area (Å²) < 4.78 is 22.6. The average molecular weight is 330 g/mol. The number of aromatic hydroxyl groups is 1. The minimum atomic E-state index is -0.697. The number of methoxy groups -OCH3 is 1. The molecule has 6 heteroatoms. The van der Waals surface area contributed by atoms with E-state index in [-0.39, 0.29) is 17.1 Å². The van der Waals surface area contributed by atoms with Crippen molar-refractivity contribution in [3.05, 3.63) is 65.5 Å². The Labute approximate surface area is 137 Å². The Hall–Kier alpha value is -3.15. The maximum atomic E-state index is 12.8. The number of halogens is 1. The second-order valence-electron chi connectivity index (χ2n) is 4.80. The van der Waals surface area contributed by atoms with Gasteiger partial charge in [0.1, 0.15) is 5.82 Å². The van der Waals surface area contributed by atoms with Crippen LogP contribution in [0.25, 0.3) is 6.08 Å². The van der Waals surface area contributed by atoms with Crippen LogP contribution in [-0.2, 0) is 9.53 Å². The molecule has 124 valence electrons. The molecule has 0 spiro atoms. The van der Waals surface area contributed by atoms with E-state index in [1.54, 1.807) is 12.1 Å². The van der Waals surface area contributed by atoms with Gasteiger partial charge in [-0.25, -0.2) is 9.18 Å². The Kier molecular flexibility index (Phi) is 5.68. The number of ether oxygens (including phenoxy) is 2. The zero-order valence-corrected chi connectivity index (χ0v) is 12.9. The van der Waals surface area contributed by atoms with Crippen molar-refractivity contribution in [3.63, 3.8) is 0 Å². The second kappa shape index (κ2) is 7.92. The molecule has 24 heavy (non-hydrogen) atoms. The van der Waals surface area contributed by atoms with Gasteiger partial charge < -0.3 is 14.6 Å². The van der Waals surface area contributed by atoms with Crippen LogP contribution < -0.4 is 4.74 Å². The summed E-state index contributed by atoms with van der Waals surface area (Å²) in [4.78, 5) is 23.4. The standard InChI is InChI=1S/C18H15FO5/c1-23-17-10-12(2-8-15(17)20)3-9-18(22)24-11-16(21)13-4-6-14(19)7-5-13/h2-10,20H,11H2,1H3. The number of Topliss-reactive ketones (excluding diaryl/α,β-unsaturated/α-hetero) is 1. The number of carbonyl (C=O) groups excluding carboxylic acids is 2. The predicted octanol–water partition coefficient (Wildman–Crippen LogP) is 2.98. The Balaban J connectivity index is 1.91. The topological polar surface area (TPSA) is 72.8 Å². The van der Waals surface area contributed by atoms with Crippen molar-refractivity contribution in [1.82, 2.24) is 0 Å². The lowest BCUT2D eigenvalue weighted by molar-refractivity contribution is -0.136. The molecular formula is C18H15FO5. The number of benzene rings is 2. The molecule has 5 nitrogen and oxygen atoms in total. The molecule has 1 N–H and O–H groups in total. The van der Waals surface area contributed by atoms with Crippen molar-refractivity contribution in [2.75, 3.05) is 13.7 Å². The molecule has 0 aliphatic carbocycles. The fourth-order valence-corrected chi connectivity index (χ4v) is 1.87. The number of esters is 1. The molecule has 0 radical (unpaired) electrons. The molecule has 2 aromatic rings. The van der Waals surface area contributed by atoms with Gasteiger partial charge in [-0.3, -0.25) is 4.79 Å². The van der Waals surface area contributed by atoms with Gasteiger partial charge >= 0.3 is 5.97 Å². The largest absolute Gasteiger partial charge is 0.504 e. The zero-order chi connectivity index (χ0) is 17.5. The molecule has 0 aromatic heterocycles. The van der Waals surface area contributed by atoms with Crippen LogP contribution in [0.15, 0.2) is 48.5 Å². The highest BCUT2D eigenvalue weighted by atomic mass is 19.1. The van der Waals surface area contributed by atoms with Gasteiger partial charge in [-0.2, -0.15) is 0 Å². The molecule has 0 atom stereocenters. The second-order valence-corrected chi connectivity index (χ2v) is 4.80. The summed E-state index contributed by atoms with van der Waals surface area (Å²) in [5.41, 5.74) is 0.878. The summed E-state index contributed by atoms with van der Waals surface area (Å²) in [6.07, 6.45) is 2.62. The molecule has 0 bridgehead atoms. The fraction of sp³-hybridized carbons (Fsp3) is 0.111. The first-order chi connectivity index (χ1) is 11.5. The van der Waals surface area contributed by atoms with Crippen LogP contribution in [0.1, 0.15) is 15.9 Å². The van der Waals surface area contributed by atoms with Crippen LogP contribution >= 0.6 is 0 Å². The monoisotopic (exact) mass is 330 g/mol. The van der Waals surface area contributed by atoms with E-state index in [2.05, 4.69) is 0 Å². The number of hydrogen-bond donors (Lipinski definition) is 1. The number of carbonyl (C=O) groups is 2. The molecule has 2 aromatic carbocycles. The Morgan fingerprint density at radius 1 is 1.17 bits per heavy atom. The molecule has 0 unspecified atom stereocenters. The molecule has 0 amide bonds. The first-order valence-electron chi connectivity index (χ1n) is 7.00.